The number of Topliss-reactive ketones (excluding diaryl/α,β-unsaturated/α-hetero) is 1. The van der Waals surface area contributed by atoms with E-state index in [0.717, 1.165) is 23.1 Å². The number of carbonyl (C=O) groups excluding carboxylic acids is 1. The van der Waals surface area contributed by atoms with Gasteiger partial charge in [-0.15, -0.1) is 0 Å². The van der Waals surface area contributed by atoms with Crippen LogP contribution in [0.4, 0.5) is 0 Å². The zero-order chi connectivity index (χ0) is 14.4. The Bertz CT molecular complexity index is 408. The molecule has 1 rings (SSSR count). The molecule has 0 bridgehead atoms. The van der Waals surface area contributed by atoms with Crippen molar-refractivity contribution in [3.63, 3.8) is 0 Å². The molecule has 1 heteroatoms. The number of ketones is 1. The molecule has 106 valence electrons. The predicted molar refractivity (Wildman–Crippen MR) is 82.9 cm³/mol. The van der Waals surface area contributed by atoms with Gasteiger partial charge in [-0.3, -0.25) is 4.79 Å². The molecule has 0 saturated heterocycles. The van der Waals surface area contributed by atoms with Crippen molar-refractivity contribution in [3.8, 4) is 0 Å². The maximum absolute atomic E-state index is 12.5. The Balaban J connectivity index is 2.83. The van der Waals surface area contributed by atoms with Crippen LogP contribution in [0, 0.1) is 26.7 Å². The third kappa shape index (κ3) is 4.49. The second-order valence-electron chi connectivity index (χ2n) is 5.82. The lowest BCUT2D eigenvalue weighted by Gasteiger charge is -2.16. The Labute approximate surface area is 118 Å². The molecule has 0 heterocycles. The van der Waals surface area contributed by atoms with Crippen molar-refractivity contribution in [3.05, 3.63) is 34.4 Å². The fourth-order valence-corrected chi connectivity index (χ4v) is 2.93. The largest absolute Gasteiger partial charge is 0.294 e. The summed E-state index contributed by atoms with van der Waals surface area (Å²) in [6.45, 7) is 10.6. The first-order valence-electron chi connectivity index (χ1n) is 7.60. The van der Waals surface area contributed by atoms with Gasteiger partial charge in [0.15, 0.2) is 5.78 Å². The van der Waals surface area contributed by atoms with Crippen LogP contribution in [-0.4, -0.2) is 5.78 Å². The van der Waals surface area contributed by atoms with E-state index in [0.29, 0.717) is 18.1 Å². The van der Waals surface area contributed by atoms with E-state index in [4.69, 9.17) is 0 Å². The van der Waals surface area contributed by atoms with Crippen LogP contribution in [0.15, 0.2) is 12.1 Å². The molecule has 0 radical (unpaired) electrons. The second kappa shape index (κ2) is 7.47. The van der Waals surface area contributed by atoms with Gasteiger partial charge in [-0.05, 0) is 37.8 Å². The highest BCUT2D eigenvalue weighted by molar-refractivity contribution is 5.99. The highest BCUT2D eigenvalue weighted by Gasteiger charge is 2.17. The molecule has 1 nitrogen and oxygen atoms in total. The molecular formula is C18H28O. The molecule has 0 aromatic heterocycles. The quantitative estimate of drug-likeness (QED) is 0.600. The van der Waals surface area contributed by atoms with Gasteiger partial charge in [-0.25, -0.2) is 0 Å². The standard InChI is InChI=1S/C18H28O/c1-6-8-9-16(7-2)12-17(19)18-14(4)10-13(3)11-15(18)5/h10-11,16H,6-9,12H2,1-5H3. The van der Waals surface area contributed by atoms with E-state index in [1.165, 1.54) is 24.8 Å². The fourth-order valence-electron chi connectivity index (χ4n) is 2.93. The van der Waals surface area contributed by atoms with E-state index >= 15 is 0 Å². The zero-order valence-corrected chi connectivity index (χ0v) is 13.2. The molecule has 0 aliphatic rings. The summed E-state index contributed by atoms with van der Waals surface area (Å²) in [5, 5.41) is 0. The van der Waals surface area contributed by atoms with Crippen molar-refractivity contribution in [2.75, 3.05) is 0 Å². The maximum Gasteiger partial charge on any atom is 0.163 e. The van der Waals surface area contributed by atoms with Gasteiger partial charge in [0.25, 0.3) is 0 Å². The highest BCUT2D eigenvalue weighted by atomic mass is 16.1. The van der Waals surface area contributed by atoms with Crippen LogP contribution in [0.3, 0.4) is 0 Å². The summed E-state index contributed by atoms with van der Waals surface area (Å²) in [6.07, 6.45) is 5.45. The summed E-state index contributed by atoms with van der Waals surface area (Å²) < 4.78 is 0. The van der Waals surface area contributed by atoms with Crippen LogP contribution in [0.25, 0.3) is 0 Å². The van der Waals surface area contributed by atoms with E-state index in [9.17, 15) is 4.79 Å². The average Bonchev–Trinajstić information content (AvgIpc) is 2.33. The average molecular weight is 260 g/mol. The Morgan fingerprint density at radius 1 is 1.11 bits per heavy atom. The van der Waals surface area contributed by atoms with Gasteiger partial charge in [0.1, 0.15) is 0 Å². The van der Waals surface area contributed by atoms with Gasteiger partial charge in [0.05, 0.1) is 0 Å². The topological polar surface area (TPSA) is 17.1 Å². The number of benzene rings is 1. The summed E-state index contributed by atoms with van der Waals surface area (Å²) in [5.74, 6) is 0.880. The minimum atomic E-state index is 0.331. The van der Waals surface area contributed by atoms with E-state index in [2.05, 4.69) is 46.8 Å². The van der Waals surface area contributed by atoms with Gasteiger partial charge in [0.2, 0.25) is 0 Å². The smallest absolute Gasteiger partial charge is 0.163 e. The van der Waals surface area contributed by atoms with E-state index in [-0.39, 0.29) is 0 Å². The molecule has 0 fully saturated rings. The number of hydrogen-bond acceptors (Lipinski definition) is 1. The van der Waals surface area contributed by atoms with Crippen LogP contribution in [0.5, 0.6) is 0 Å². The number of carbonyl (C=O) groups is 1. The van der Waals surface area contributed by atoms with Crippen molar-refractivity contribution in [2.24, 2.45) is 5.92 Å². The number of rotatable bonds is 7. The first-order valence-corrected chi connectivity index (χ1v) is 7.60. The summed E-state index contributed by atoms with van der Waals surface area (Å²) in [5.41, 5.74) is 4.46. The molecule has 0 amide bonds. The molecule has 1 aromatic rings. The first-order chi connectivity index (χ1) is 8.99. The lowest BCUT2D eigenvalue weighted by Crippen LogP contribution is -2.11. The molecule has 0 aliphatic carbocycles. The Hall–Kier alpha value is -1.11. The SMILES string of the molecule is CCCCC(CC)CC(=O)c1c(C)cc(C)cc1C. The Morgan fingerprint density at radius 3 is 2.16 bits per heavy atom. The lowest BCUT2D eigenvalue weighted by atomic mass is 9.88. The van der Waals surface area contributed by atoms with Gasteiger partial charge in [0, 0.05) is 12.0 Å². The number of unbranched alkanes of at least 4 members (excludes halogenated alkanes) is 1. The summed E-state index contributed by atoms with van der Waals surface area (Å²) in [7, 11) is 0. The van der Waals surface area contributed by atoms with Gasteiger partial charge in [-0.1, -0.05) is 57.2 Å². The van der Waals surface area contributed by atoms with Crippen molar-refractivity contribution < 1.29 is 4.79 Å². The van der Waals surface area contributed by atoms with Crippen LogP contribution in [0.1, 0.15) is 73.0 Å². The normalized spacial score (nSPS) is 12.5. The van der Waals surface area contributed by atoms with Gasteiger partial charge >= 0.3 is 0 Å². The molecule has 0 N–H and O–H groups in total. The second-order valence-corrected chi connectivity index (χ2v) is 5.82. The fraction of sp³-hybridized carbons (Fsp3) is 0.611. The minimum Gasteiger partial charge on any atom is -0.294 e. The van der Waals surface area contributed by atoms with E-state index in [1.807, 2.05) is 0 Å². The highest BCUT2D eigenvalue weighted by Crippen LogP contribution is 2.23. The van der Waals surface area contributed by atoms with Crippen molar-refractivity contribution in [2.45, 2.75) is 66.7 Å². The van der Waals surface area contributed by atoms with Crippen LogP contribution >= 0.6 is 0 Å². The third-order valence-corrected chi connectivity index (χ3v) is 3.97. The molecule has 0 aliphatic heterocycles. The van der Waals surface area contributed by atoms with Crippen LogP contribution in [0.2, 0.25) is 0 Å². The first kappa shape index (κ1) is 15.9. The van der Waals surface area contributed by atoms with Crippen molar-refractivity contribution >= 4 is 5.78 Å². The molecule has 19 heavy (non-hydrogen) atoms. The predicted octanol–water partition coefficient (Wildman–Crippen LogP) is 5.40. The summed E-state index contributed by atoms with van der Waals surface area (Å²) in [4.78, 5) is 12.5. The van der Waals surface area contributed by atoms with Crippen molar-refractivity contribution in [1.29, 1.82) is 0 Å². The third-order valence-electron chi connectivity index (χ3n) is 3.97. The van der Waals surface area contributed by atoms with Crippen LogP contribution < -0.4 is 0 Å². The van der Waals surface area contributed by atoms with Gasteiger partial charge in [-0.2, -0.15) is 0 Å². The molecule has 0 saturated carbocycles. The maximum atomic E-state index is 12.5. The van der Waals surface area contributed by atoms with Gasteiger partial charge < -0.3 is 0 Å². The monoisotopic (exact) mass is 260 g/mol. The Morgan fingerprint density at radius 2 is 1.68 bits per heavy atom. The van der Waals surface area contributed by atoms with E-state index in [1.54, 1.807) is 0 Å². The molecule has 1 unspecified atom stereocenters. The molecule has 1 aromatic carbocycles. The molecule has 1 atom stereocenters. The summed E-state index contributed by atoms with van der Waals surface area (Å²) in [6, 6.07) is 4.24. The van der Waals surface area contributed by atoms with Crippen LogP contribution in [-0.2, 0) is 0 Å². The Kier molecular flexibility index (Phi) is 6.27. The zero-order valence-electron chi connectivity index (χ0n) is 13.2. The number of hydrogen-bond donors (Lipinski definition) is 0. The van der Waals surface area contributed by atoms with E-state index < -0.39 is 0 Å². The minimum absolute atomic E-state index is 0.331. The lowest BCUT2D eigenvalue weighted by molar-refractivity contribution is 0.0956. The summed E-state index contributed by atoms with van der Waals surface area (Å²) >= 11 is 0. The molecular weight excluding hydrogens is 232 g/mol. The van der Waals surface area contributed by atoms with Crippen molar-refractivity contribution in [1.82, 2.24) is 0 Å². The number of aryl methyl sites for hydroxylation is 3. The molecule has 0 spiro atoms.